The summed E-state index contributed by atoms with van der Waals surface area (Å²) < 4.78 is 13.0. The number of halogens is 2. The van der Waals surface area contributed by atoms with Gasteiger partial charge in [0, 0.05) is 33.7 Å². The van der Waals surface area contributed by atoms with Gasteiger partial charge in [0.05, 0.1) is 5.56 Å². The number of ketones is 1. The molecule has 0 aromatic heterocycles. The topological polar surface area (TPSA) is 38.8 Å². The second-order valence-corrected chi connectivity index (χ2v) is 9.01. The molecule has 2 aliphatic heterocycles. The van der Waals surface area contributed by atoms with Crippen molar-refractivity contribution in [2.45, 2.75) is 20.0 Å². The van der Waals surface area contributed by atoms with Gasteiger partial charge in [-0.1, -0.05) is 57.9 Å². The molecular weight excluding hydrogens is 478 g/mol. The molecule has 31 heavy (non-hydrogen) atoms. The largest absolute Gasteiger partial charge is 0.477 e. The summed E-state index contributed by atoms with van der Waals surface area (Å²) in [6.07, 6.45) is 1.78. The molecular formula is C25H19BrClNO3. The molecule has 0 bridgehead atoms. The molecule has 0 saturated carbocycles. The van der Waals surface area contributed by atoms with E-state index in [4.69, 9.17) is 21.1 Å². The van der Waals surface area contributed by atoms with Crippen molar-refractivity contribution in [1.82, 2.24) is 4.90 Å². The van der Waals surface area contributed by atoms with Crippen LogP contribution in [0.15, 0.2) is 64.8 Å². The van der Waals surface area contributed by atoms with E-state index in [1.54, 1.807) is 6.08 Å². The van der Waals surface area contributed by atoms with Crippen LogP contribution in [0.5, 0.6) is 11.5 Å². The first kappa shape index (κ1) is 20.3. The number of Topliss-reactive ketones (excluding diaryl/α,β-unsaturated/α-hetero) is 1. The number of hydrogen-bond acceptors (Lipinski definition) is 4. The molecule has 0 spiro atoms. The number of hydrogen-bond donors (Lipinski definition) is 0. The van der Waals surface area contributed by atoms with Gasteiger partial charge in [-0.25, -0.2) is 0 Å². The third-order valence-corrected chi connectivity index (χ3v) is 6.49. The highest BCUT2D eigenvalue weighted by Crippen LogP contribution is 2.43. The molecule has 3 aromatic rings. The fraction of sp³-hybridized carbons (Fsp3) is 0.160. The first-order chi connectivity index (χ1) is 15.0. The van der Waals surface area contributed by atoms with Gasteiger partial charge < -0.3 is 9.47 Å². The molecule has 0 aliphatic carbocycles. The molecule has 0 amide bonds. The lowest BCUT2D eigenvalue weighted by Crippen LogP contribution is -2.32. The van der Waals surface area contributed by atoms with Crippen molar-refractivity contribution >= 4 is 39.4 Å². The van der Waals surface area contributed by atoms with Gasteiger partial charge in [0.15, 0.2) is 5.76 Å². The van der Waals surface area contributed by atoms with E-state index in [9.17, 15) is 4.79 Å². The van der Waals surface area contributed by atoms with Gasteiger partial charge in [-0.15, -0.1) is 0 Å². The van der Waals surface area contributed by atoms with Gasteiger partial charge >= 0.3 is 0 Å². The molecule has 0 unspecified atom stereocenters. The quantitative estimate of drug-likeness (QED) is 0.395. The molecule has 3 aromatic carbocycles. The Morgan fingerprint density at radius 3 is 2.68 bits per heavy atom. The van der Waals surface area contributed by atoms with Crippen LogP contribution in [0, 0.1) is 6.92 Å². The lowest BCUT2D eigenvalue weighted by molar-refractivity contribution is 0.0876. The fourth-order valence-electron chi connectivity index (χ4n) is 3.98. The SMILES string of the molecule is Cc1c2c(cc3c1O/C(=C\c1ccccc1Br)C3=O)CN(Cc1ccc(Cl)cc1)CO2. The molecule has 4 nitrogen and oxygen atoms in total. The number of nitrogens with zero attached hydrogens (tertiary/aromatic N) is 1. The van der Waals surface area contributed by atoms with Crippen molar-refractivity contribution in [3.8, 4) is 11.5 Å². The lowest BCUT2D eigenvalue weighted by Gasteiger charge is -2.30. The maximum atomic E-state index is 13.1. The summed E-state index contributed by atoms with van der Waals surface area (Å²) in [6.45, 7) is 3.86. The Labute approximate surface area is 194 Å². The smallest absolute Gasteiger partial charge is 0.231 e. The van der Waals surface area contributed by atoms with Crippen molar-refractivity contribution in [2.75, 3.05) is 6.73 Å². The third-order valence-electron chi connectivity index (χ3n) is 5.51. The van der Waals surface area contributed by atoms with Crippen molar-refractivity contribution in [3.05, 3.63) is 97.7 Å². The molecule has 0 atom stereocenters. The van der Waals surface area contributed by atoms with Crippen LogP contribution >= 0.6 is 27.5 Å². The Morgan fingerprint density at radius 1 is 1.13 bits per heavy atom. The summed E-state index contributed by atoms with van der Waals surface area (Å²) in [6, 6.07) is 17.5. The summed E-state index contributed by atoms with van der Waals surface area (Å²) >= 11 is 9.51. The monoisotopic (exact) mass is 495 g/mol. The molecule has 2 heterocycles. The van der Waals surface area contributed by atoms with E-state index in [0.29, 0.717) is 30.3 Å². The molecule has 0 saturated heterocycles. The Bertz CT molecular complexity index is 1220. The van der Waals surface area contributed by atoms with Crippen LogP contribution < -0.4 is 9.47 Å². The van der Waals surface area contributed by atoms with Crippen LogP contribution in [-0.4, -0.2) is 17.4 Å². The summed E-state index contributed by atoms with van der Waals surface area (Å²) in [5.74, 6) is 1.62. The van der Waals surface area contributed by atoms with E-state index in [0.717, 1.165) is 44.0 Å². The number of carbonyl (C=O) groups is 1. The highest BCUT2D eigenvalue weighted by atomic mass is 79.9. The van der Waals surface area contributed by atoms with Gasteiger partial charge in [0.2, 0.25) is 5.78 Å². The predicted molar refractivity (Wildman–Crippen MR) is 124 cm³/mol. The van der Waals surface area contributed by atoms with E-state index in [1.165, 1.54) is 0 Å². The molecule has 0 fully saturated rings. The highest BCUT2D eigenvalue weighted by Gasteiger charge is 2.33. The highest BCUT2D eigenvalue weighted by molar-refractivity contribution is 9.10. The molecule has 0 N–H and O–H groups in total. The van der Waals surface area contributed by atoms with E-state index in [1.807, 2.05) is 61.5 Å². The minimum Gasteiger partial charge on any atom is -0.477 e. The summed E-state index contributed by atoms with van der Waals surface area (Å²) in [4.78, 5) is 15.3. The van der Waals surface area contributed by atoms with E-state index >= 15 is 0 Å². The van der Waals surface area contributed by atoms with Crippen LogP contribution in [0.1, 0.15) is 32.6 Å². The maximum absolute atomic E-state index is 13.1. The Kier molecular flexibility index (Phi) is 5.34. The molecule has 2 aliphatic rings. The average molecular weight is 497 g/mol. The number of rotatable bonds is 3. The predicted octanol–water partition coefficient (Wildman–Crippen LogP) is 6.38. The van der Waals surface area contributed by atoms with Crippen LogP contribution in [0.3, 0.4) is 0 Å². The van der Waals surface area contributed by atoms with Crippen molar-refractivity contribution < 1.29 is 14.3 Å². The number of allylic oxidation sites excluding steroid dienone is 1. The van der Waals surface area contributed by atoms with Crippen LogP contribution in [0.4, 0.5) is 0 Å². The fourth-order valence-corrected chi connectivity index (χ4v) is 4.50. The molecule has 0 radical (unpaired) electrons. The second kappa shape index (κ2) is 8.15. The van der Waals surface area contributed by atoms with Gasteiger partial charge in [0.25, 0.3) is 0 Å². The standard InChI is InChI=1S/C25H19BrClNO3/c1-15-24-18(13-28(14-30-24)12-16-6-8-19(27)9-7-16)10-20-23(29)22(31-25(15)20)11-17-4-2-3-5-21(17)26/h2-11H,12-14H2,1H3/b22-11-. The van der Waals surface area contributed by atoms with E-state index < -0.39 is 0 Å². The third kappa shape index (κ3) is 3.89. The van der Waals surface area contributed by atoms with Crippen molar-refractivity contribution in [1.29, 1.82) is 0 Å². The normalized spacial score (nSPS) is 16.6. The first-order valence-corrected chi connectivity index (χ1v) is 11.1. The zero-order valence-corrected chi connectivity index (χ0v) is 19.2. The average Bonchev–Trinajstić information content (AvgIpc) is 3.07. The summed E-state index contributed by atoms with van der Waals surface area (Å²) in [5.41, 5.74) is 4.50. The van der Waals surface area contributed by atoms with Crippen molar-refractivity contribution in [3.63, 3.8) is 0 Å². The number of ether oxygens (including phenoxy) is 2. The zero-order chi connectivity index (χ0) is 21.5. The summed E-state index contributed by atoms with van der Waals surface area (Å²) in [5, 5.41) is 0.722. The number of fused-ring (bicyclic) bond motifs is 2. The van der Waals surface area contributed by atoms with Crippen molar-refractivity contribution in [2.24, 2.45) is 0 Å². The number of carbonyl (C=O) groups excluding carboxylic acids is 1. The van der Waals surface area contributed by atoms with Crippen LogP contribution in [0.25, 0.3) is 6.08 Å². The van der Waals surface area contributed by atoms with E-state index in [-0.39, 0.29) is 5.78 Å². The Hall–Kier alpha value is -2.60. The zero-order valence-electron chi connectivity index (χ0n) is 16.8. The molecule has 156 valence electrons. The lowest BCUT2D eigenvalue weighted by atomic mass is 10.00. The minimum absolute atomic E-state index is 0.105. The second-order valence-electron chi connectivity index (χ2n) is 7.71. The first-order valence-electron chi connectivity index (χ1n) is 9.94. The Morgan fingerprint density at radius 2 is 1.90 bits per heavy atom. The van der Waals surface area contributed by atoms with Crippen LogP contribution in [-0.2, 0) is 13.1 Å². The van der Waals surface area contributed by atoms with Gasteiger partial charge in [0.1, 0.15) is 18.2 Å². The maximum Gasteiger partial charge on any atom is 0.231 e. The van der Waals surface area contributed by atoms with E-state index in [2.05, 4.69) is 20.8 Å². The van der Waals surface area contributed by atoms with Gasteiger partial charge in [-0.05, 0) is 48.4 Å². The minimum atomic E-state index is -0.105. The Balaban J connectivity index is 1.43. The molecule has 6 heteroatoms. The van der Waals surface area contributed by atoms with Gasteiger partial charge in [-0.2, -0.15) is 0 Å². The van der Waals surface area contributed by atoms with Crippen LogP contribution in [0.2, 0.25) is 5.02 Å². The summed E-state index contributed by atoms with van der Waals surface area (Å²) in [7, 11) is 0. The number of benzene rings is 3. The molecule has 5 rings (SSSR count). The van der Waals surface area contributed by atoms with Gasteiger partial charge in [-0.3, -0.25) is 9.69 Å².